The summed E-state index contributed by atoms with van der Waals surface area (Å²) in [5, 5.41) is 34.0. The van der Waals surface area contributed by atoms with Gasteiger partial charge >= 0.3 is 0 Å². The molecule has 2 aromatic heterocycles. The standard InChI is InChI=1S/C28H28Cl4N6O2S2/c29-21-7-3-1-5-19(21)13-27(39,25(31)9-10-25)15-37-23(33-17-35-37)41-42-24-34-18-36-38(24)16-28(40,26(32)11-12-26)14-20-6-2-4-8-22(20)30/h1-8,17-18,39-40H,9-16H2/i15D,16D. The van der Waals surface area contributed by atoms with Crippen LogP contribution in [0.2, 0.25) is 10.0 Å². The van der Waals surface area contributed by atoms with Crippen molar-refractivity contribution < 1.29 is 13.0 Å². The van der Waals surface area contributed by atoms with Gasteiger partial charge in [0.05, 0.1) is 25.5 Å². The molecular weight excluding hydrogens is 658 g/mol. The van der Waals surface area contributed by atoms with Gasteiger partial charge in [0.2, 0.25) is 0 Å². The zero-order chi connectivity index (χ0) is 31.3. The maximum absolute atomic E-state index is 12.0. The molecule has 0 aliphatic heterocycles. The van der Waals surface area contributed by atoms with Gasteiger partial charge in [-0.3, -0.25) is 0 Å². The Morgan fingerprint density at radius 1 is 0.738 bits per heavy atom. The van der Waals surface area contributed by atoms with Crippen molar-refractivity contribution in [3.8, 4) is 0 Å². The van der Waals surface area contributed by atoms with Crippen molar-refractivity contribution in [2.75, 3.05) is 0 Å². The van der Waals surface area contributed by atoms with Gasteiger partial charge < -0.3 is 10.2 Å². The Hall–Kier alpha value is -1.50. The second kappa shape index (κ2) is 11.8. The fraction of sp³-hybridized carbons (Fsp3) is 0.429. The fourth-order valence-electron chi connectivity index (χ4n) is 4.84. The van der Waals surface area contributed by atoms with E-state index in [9.17, 15) is 10.2 Å². The third-order valence-electron chi connectivity index (χ3n) is 7.71. The van der Waals surface area contributed by atoms with E-state index in [1.807, 2.05) is 12.1 Å². The first-order chi connectivity index (χ1) is 20.9. The first-order valence-electron chi connectivity index (χ1n) is 14.3. The average Bonchev–Trinajstić information content (AvgIpc) is 3.82. The van der Waals surface area contributed by atoms with Crippen LogP contribution in [0, 0.1) is 0 Å². The van der Waals surface area contributed by atoms with Gasteiger partial charge in [0.15, 0.2) is 10.3 Å². The third kappa shape index (κ3) is 6.19. The molecule has 2 fully saturated rings. The normalized spacial score (nSPS) is 21.9. The summed E-state index contributed by atoms with van der Waals surface area (Å²) in [5.74, 6) is 0. The molecule has 4 atom stereocenters. The highest BCUT2D eigenvalue weighted by atomic mass is 35.5. The highest BCUT2D eigenvalue weighted by Crippen LogP contribution is 2.54. The van der Waals surface area contributed by atoms with Crippen LogP contribution in [-0.2, 0) is 25.9 Å². The fourth-order valence-corrected chi connectivity index (χ4v) is 7.51. The highest BCUT2D eigenvalue weighted by molar-refractivity contribution is 8.76. The Labute approximate surface area is 274 Å². The molecule has 0 saturated heterocycles. The first kappa shape index (κ1) is 28.0. The molecule has 2 aromatic carbocycles. The van der Waals surface area contributed by atoms with E-state index < -0.39 is 34.0 Å². The van der Waals surface area contributed by atoms with E-state index in [2.05, 4.69) is 20.2 Å². The van der Waals surface area contributed by atoms with Crippen LogP contribution < -0.4 is 0 Å². The summed E-state index contributed by atoms with van der Waals surface area (Å²) in [6, 6.07) is 14.3. The smallest absolute Gasteiger partial charge is 0.197 e. The topological polar surface area (TPSA) is 102 Å². The van der Waals surface area contributed by atoms with Crippen LogP contribution >= 0.6 is 68.0 Å². The summed E-state index contributed by atoms with van der Waals surface area (Å²) in [6.45, 7) is -2.62. The average molecular weight is 689 g/mol. The number of rotatable bonds is 13. The van der Waals surface area contributed by atoms with Gasteiger partial charge in [-0.25, -0.2) is 19.3 Å². The van der Waals surface area contributed by atoms with Crippen LogP contribution in [0.3, 0.4) is 0 Å². The molecule has 4 unspecified atom stereocenters. The minimum absolute atomic E-state index is 0.0560. The SMILES string of the molecule is [2H]C(n1ncnc1SSc1ncnn1C([2H])C(O)(Cc1ccccc1Cl)C1(Cl)CC1)C(O)(Cc1ccccc1Cl)C1(Cl)CC1. The van der Waals surface area contributed by atoms with Crippen LogP contribution in [0.5, 0.6) is 0 Å². The zero-order valence-corrected chi connectivity index (χ0v) is 26.7. The van der Waals surface area contributed by atoms with Crippen molar-refractivity contribution in [1.29, 1.82) is 0 Å². The predicted octanol–water partition coefficient (Wildman–Crippen LogP) is 6.47. The molecule has 2 aliphatic carbocycles. The van der Waals surface area contributed by atoms with Gasteiger partial charge in [0.25, 0.3) is 0 Å². The summed E-state index contributed by atoms with van der Waals surface area (Å²) >= 11 is 26.4. The number of hydrogen-bond donors (Lipinski definition) is 2. The lowest BCUT2D eigenvalue weighted by Crippen LogP contribution is -2.47. The lowest BCUT2D eigenvalue weighted by atomic mass is 9.89. The minimum Gasteiger partial charge on any atom is -0.386 e. The number of aliphatic hydroxyl groups is 2. The van der Waals surface area contributed by atoms with Crippen molar-refractivity contribution in [3.63, 3.8) is 0 Å². The van der Waals surface area contributed by atoms with Crippen molar-refractivity contribution >= 4 is 68.0 Å². The van der Waals surface area contributed by atoms with Gasteiger partial charge in [0, 0.05) is 22.9 Å². The Bertz CT molecular complexity index is 1540. The van der Waals surface area contributed by atoms with Crippen LogP contribution in [0.4, 0.5) is 0 Å². The molecule has 2 heterocycles. The molecule has 14 heteroatoms. The largest absolute Gasteiger partial charge is 0.386 e. The summed E-state index contributed by atoms with van der Waals surface area (Å²) in [4.78, 5) is 6.62. The maximum Gasteiger partial charge on any atom is 0.197 e. The molecule has 2 saturated carbocycles. The van der Waals surface area contributed by atoms with E-state index in [-0.39, 0.29) is 12.8 Å². The van der Waals surface area contributed by atoms with Crippen LogP contribution in [0.1, 0.15) is 39.6 Å². The van der Waals surface area contributed by atoms with Gasteiger partial charge in [-0.1, -0.05) is 59.6 Å². The maximum atomic E-state index is 12.0. The Morgan fingerprint density at radius 2 is 1.12 bits per heavy atom. The van der Waals surface area contributed by atoms with E-state index in [1.165, 1.54) is 22.0 Å². The number of alkyl halides is 2. The molecular formula is C28H28Cl4N6O2S2. The molecule has 222 valence electrons. The molecule has 0 bridgehead atoms. The number of aromatic nitrogens is 6. The summed E-state index contributed by atoms with van der Waals surface area (Å²) in [5.41, 5.74) is -2.05. The quantitative estimate of drug-likeness (QED) is 0.122. The number of hydrogen-bond acceptors (Lipinski definition) is 8. The second-order valence-electron chi connectivity index (χ2n) is 10.7. The lowest BCUT2D eigenvalue weighted by Gasteiger charge is -2.34. The minimum atomic E-state index is -1.70. The molecule has 2 N–H and O–H groups in total. The van der Waals surface area contributed by atoms with E-state index in [0.29, 0.717) is 57.2 Å². The van der Waals surface area contributed by atoms with Gasteiger partial charge in [0.1, 0.15) is 23.9 Å². The Kier molecular flexibility index (Phi) is 7.86. The molecule has 0 amide bonds. The first-order valence-corrected chi connectivity index (χ1v) is 16.8. The molecule has 2 aliphatic rings. The lowest BCUT2D eigenvalue weighted by molar-refractivity contribution is 0.00486. The van der Waals surface area contributed by atoms with E-state index in [1.54, 1.807) is 36.4 Å². The van der Waals surface area contributed by atoms with Crippen molar-refractivity contribution in [2.45, 2.75) is 82.8 Å². The molecule has 0 spiro atoms. The van der Waals surface area contributed by atoms with Gasteiger partial charge in [-0.05, 0) is 70.5 Å². The van der Waals surface area contributed by atoms with Gasteiger partial charge in [-0.2, -0.15) is 10.2 Å². The van der Waals surface area contributed by atoms with Crippen LogP contribution in [0.15, 0.2) is 71.5 Å². The van der Waals surface area contributed by atoms with Crippen molar-refractivity contribution in [1.82, 2.24) is 29.5 Å². The van der Waals surface area contributed by atoms with Crippen molar-refractivity contribution in [2.24, 2.45) is 0 Å². The predicted molar refractivity (Wildman–Crippen MR) is 168 cm³/mol. The summed E-state index contributed by atoms with van der Waals surface area (Å²) in [6.07, 6.45) is 4.90. The molecule has 8 nitrogen and oxygen atoms in total. The van der Waals surface area contributed by atoms with Crippen molar-refractivity contribution in [3.05, 3.63) is 82.4 Å². The molecule has 42 heavy (non-hydrogen) atoms. The number of halogens is 4. The monoisotopic (exact) mass is 686 g/mol. The van der Waals surface area contributed by atoms with Crippen LogP contribution in [0.25, 0.3) is 0 Å². The second-order valence-corrected chi connectivity index (χ2v) is 15.0. The molecule has 4 aromatic rings. The zero-order valence-electron chi connectivity index (χ0n) is 24.1. The van der Waals surface area contributed by atoms with E-state index >= 15 is 0 Å². The summed E-state index contributed by atoms with van der Waals surface area (Å²) in [7, 11) is 2.26. The van der Waals surface area contributed by atoms with E-state index in [4.69, 9.17) is 49.1 Å². The van der Waals surface area contributed by atoms with E-state index in [0.717, 1.165) is 21.6 Å². The highest BCUT2D eigenvalue weighted by Gasteiger charge is 2.59. The number of nitrogens with zero attached hydrogens (tertiary/aromatic N) is 6. The molecule has 6 rings (SSSR count). The third-order valence-corrected chi connectivity index (χ3v) is 12.0. The Morgan fingerprint density at radius 3 is 1.48 bits per heavy atom. The molecule has 0 radical (unpaired) electrons. The van der Waals surface area contributed by atoms with Gasteiger partial charge in [-0.15, -0.1) is 23.2 Å². The number of benzene rings is 2. The Balaban J connectivity index is 1.23. The van der Waals surface area contributed by atoms with Crippen LogP contribution in [-0.4, -0.2) is 60.7 Å². The summed E-state index contributed by atoms with van der Waals surface area (Å²) < 4.78 is 20.9.